The Hall–Kier alpha value is -1.91. The number of H-pyrrole nitrogens is 1. The first kappa shape index (κ1) is 9.64. The Bertz CT molecular complexity index is 478. The summed E-state index contributed by atoms with van der Waals surface area (Å²) in [6, 6.07) is 1.92. The number of esters is 1. The number of fused-ring (bicyclic) bond motifs is 1. The van der Waals surface area contributed by atoms with Gasteiger partial charge in [-0.05, 0) is 6.07 Å². The highest BCUT2D eigenvalue weighted by atomic mass is 16.5. The van der Waals surface area contributed by atoms with Crippen molar-refractivity contribution >= 4 is 17.0 Å². The lowest BCUT2D eigenvalue weighted by Gasteiger charge is -2.02. The smallest absolute Gasteiger partial charge is 0.302 e. The normalized spacial score (nSPS) is 10.5. The zero-order valence-corrected chi connectivity index (χ0v) is 8.36. The molecule has 5 heteroatoms. The molecule has 0 radical (unpaired) electrons. The van der Waals surface area contributed by atoms with Gasteiger partial charge in [0.1, 0.15) is 12.0 Å². The van der Waals surface area contributed by atoms with E-state index in [9.17, 15) is 4.79 Å². The molecular formula is C10H11N3O2. The summed E-state index contributed by atoms with van der Waals surface area (Å²) < 4.78 is 4.86. The molecule has 15 heavy (non-hydrogen) atoms. The summed E-state index contributed by atoms with van der Waals surface area (Å²) in [7, 11) is 0. The van der Waals surface area contributed by atoms with E-state index >= 15 is 0 Å². The first-order chi connectivity index (χ1) is 7.27. The monoisotopic (exact) mass is 205 g/mol. The number of aromatic amines is 1. The third-order valence-corrected chi connectivity index (χ3v) is 2.08. The van der Waals surface area contributed by atoms with Crippen molar-refractivity contribution in [2.24, 2.45) is 0 Å². The molecule has 2 aromatic rings. The van der Waals surface area contributed by atoms with Gasteiger partial charge in [-0.2, -0.15) is 0 Å². The molecule has 0 amide bonds. The van der Waals surface area contributed by atoms with Crippen molar-refractivity contribution in [2.75, 3.05) is 6.61 Å². The second-order valence-corrected chi connectivity index (χ2v) is 3.15. The molecule has 78 valence electrons. The number of aromatic nitrogens is 3. The molecule has 0 aliphatic heterocycles. The zero-order chi connectivity index (χ0) is 10.7. The minimum atomic E-state index is -0.269. The standard InChI is InChI=1S/C10H11N3O2/c1-7(14)15-5-3-9-8-2-4-11-10(8)13-6-12-9/h2,4,6H,3,5H2,1H3,(H,11,12,13). The molecule has 0 saturated heterocycles. The van der Waals surface area contributed by atoms with Gasteiger partial charge < -0.3 is 9.72 Å². The van der Waals surface area contributed by atoms with Crippen molar-refractivity contribution in [3.05, 3.63) is 24.3 Å². The second-order valence-electron chi connectivity index (χ2n) is 3.15. The summed E-state index contributed by atoms with van der Waals surface area (Å²) in [6.07, 6.45) is 3.92. The average molecular weight is 205 g/mol. The van der Waals surface area contributed by atoms with E-state index < -0.39 is 0 Å². The van der Waals surface area contributed by atoms with Crippen molar-refractivity contribution in [3.63, 3.8) is 0 Å². The topological polar surface area (TPSA) is 67.9 Å². The summed E-state index contributed by atoms with van der Waals surface area (Å²) in [5.41, 5.74) is 1.70. The van der Waals surface area contributed by atoms with Gasteiger partial charge in [0, 0.05) is 24.9 Å². The van der Waals surface area contributed by atoms with Crippen LogP contribution in [0.1, 0.15) is 12.6 Å². The van der Waals surface area contributed by atoms with E-state index in [0.29, 0.717) is 13.0 Å². The number of rotatable bonds is 3. The predicted molar refractivity (Wildman–Crippen MR) is 54.2 cm³/mol. The van der Waals surface area contributed by atoms with Crippen LogP contribution in [-0.2, 0) is 16.0 Å². The Morgan fingerprint density at radius 1 is 1.53 bits per heavy atom. The van der Waals surface area contributed by atoms with E-state index in [-0.39, 0.29) is 5.97 Å². The van der Waals surface area contributed by atoms with Gasteiger partial charge in [0.05, 0.1) is 12.3 Å². The summed E-state index contributed by atoms with van der Waals surface area (Å²) in [5, 5.41) is 0.977. The lowest BCUT2D eigenvalue weighted by atomic mass is 10.2. The Labute approximate surface area is 86.5 Å². The number of ether oxygens (including phenoxy) is 1. The van der Waals surface area contributed by atoms with Crippen LogP contribution >= 0.6 is 0 Å². The number of carbonyl (C=O) groups is 1. The fourth-order valence-electron chi connectivity index (χ4n) is 1.42. The molecule has 0 unspecified atom stereocenters. The molecule has 0 spiro atoms. The van der Waals surface area contributed by atoms with Crippen LogP contribution in [-0.4, -0.2) is 27.5 Å². The summed E-state index contributed by atoms with van der Waals surface area (Å²) in [5.74, 6) is -0.269. The number of hydrogen-bond acceptors (Lipinski definition) is 4. The minimum absolute atomic E-state index is 0.269. The van der Waals surface area contributed by atoms with E-state index in [1.807, 2.05) is 12.3 Å². The first-order valence-corrected chi connectivity index (χ1v) is 4.67. The first-order valence-electron chi connectivity index (χ1n) is 4.67. The van der Waals surface area contributed by atoms with Gasteiger partial charge in [0.25, 0.3) is 0 Å². The number of nitrogens with zero attached hydrogens (tertiary/aromatic N) is 2. The maximum Gasteiger partial charge on any atom is 0.302 e. The fourth-order valence-corrected chi connectivity index (χ4v) is 1.42. The average Bonchev–Trinajstić information content (AvgIpc) is 2.65. The van der Waals surface area contributed by atoms with Crippen LogP contribution < -0.4 is 0 Å². The SMILES string of the molecule is CC(=O)OCCc1ncnc2[nH]ccc12. The van der Waals surface area contributed by atoms with Crippen molar-refractivity contribution in [2.45, 2.75) is 13.3 Å². The second kappa shape index (κ2) is 4.08. The molecule has 2 rings (SSSR count). The fraction of sp³-hybridized carbons (Fsp3) is 0.300. The molecule has 2 heterocycles. The third kappa shape index (κ3) is 2.12. The summed E-state index contributed by atoms with van der Waals surface area (Å²) in [6.45, 7) is 1.75. The van der Waals surface area contributed by atoms with Crippen LogP contribution in [0.2, 0.25) is 0 Å². The van der Waals surface area contributed by atoms with Gasteiger partial charge in [-0.3, -0.25) is 4.79 Å². The highest BCUT2D eigenvalue weighted by molar-refractivity contribution is 5.77. The van der Waals surface area contributed by atoms with Crippen LogP contribution in [0.15, 0.2) is 18.6 Å². The maximum atomic E-state index is 10.6. The van der Waals surface area contributed by atoms with Crippen molar-refractivity contribution in [1.29, 1.82) is 0 Å². The number of nitrogens with one attached hydrogen (secondary N) is 1. The summed E-state index contributed by atoms with van der Waals surface area (Å²) >= 11 is 0. The molecule has 0 atom stereocenters. The Morgan fingerprint density at radius 2 is 2.40 bits per heavy atom. The van der Waals surface area contributed by atoms with Crippen LogP contribution in [0.4, 0.5) is 0 Å². The Kier molecular flexibility index (Phi) is 2.62. The van der Waals surface area contributed by atoms with Gasteiger partial charge in [-0.1, -0.05) is 0 Å². The van der Waals surface area contributed by atoms with Crippen LogP contribution in [0, 0.1) is 0 Å². The molecular weight excluding hydrogens is 194 g/mol. The quantitative estimate of drug-likeness (QED) is 0.761. The van der Waals surface area contributed by atoms with Crippen LogP contribution in [0.5, 0.6) is 0 Å². The number of carbonyl (C=O) groups excluding carboxylic acids is 1. The van der Waals surface area contributed by atoms with Crippen molar-refractivity contribution in [1.82, 2.24) is 15.0 Å². The molecule has 0 aliphatic carbocycles. The van der Waals surface area contributed by atoms with E-state index in [4.69, 9.17) is 4.74 Å². The lowest BCUT2D eigenvalue weighted by molar-refractivity contribution is -0.140. The summed E-state index contributed by atoms with van der Waals surface area (Å²) in [4.78, 5) is 21.8. The van der Waals surface area contributed by atoms with Crippen LogP contribution in [0.25, 0.3) is 11.0 Å². The van der Waals surface area contributed by atoms with Crippen molar-refractivity contribution < 1.29 is 9.53 Å². The molecule has 5 nitrogen and oxygen atoms in total. The molecule has 0 bridgehead atoms. The molecule has 0 aromatic carbocycles. The highest BCUT2D eigenvalue weighted by Gasteiger charge is 2.04. The van der Waals surface area contributed by atoms with Gasteiger partial charge in [0.15, 0.2) is 0 Å². The van der Waals surface area contributed by atoms with E-state index in [2.05, 4.69) is 15.0 Å². The van der Waals surface area contributed by atoms with E-state index in [0.717, 1.165) is 16.7 Å². The third-order valence-electron chi connectivity index (χ3n) is 2.08. The molecule has 0 saturated carbocycles. The maximum absolute atomic E-state index is 10.6. The van der Waals surface area contributed by atoms with Gasteiger partial charge in [-0.25, -0.2) is 9.97 Å². The predicted octanol–water partition coefficient (Wildman–Crippen LogP) is 1.06. The van der Waals surface area contributed by atoms with E-state index in [1.165, 1.54) is 13.3 Å². The Balaban J connectivity index is 2.13. The minimum Gasteiger partial charge on any atom is -0.465 e. The molecule has 0 aliphatic rings. The van der Waals surface area contributed by atoms with Gasteiger partial charge in [-0.15, -0.1) is 0 Å². The highest BCUT2D eigenvalue weighted by Crippen LogP contribution is 2.12. The van der Waals surface area contributed by atoms with E-state index in [1.54, 1.807) is 0 Å². The molecule has 1 N–H and O–H groups in total. The van der Waals surface area contributed by atoms with Crippen LogP contribution in [0.3, 0.4) is 0 Å². The Morgan fingerprint density at radius 3 is 3.20 bits per heavy atom. The molecule has 0 fully saturated rings. The van der Waals surface area contributed by atoms with Crippen molar-refractivity contribution in [3.8, 4) is 0 Å². The molecule has 2 aromatic heterocycles. The lowest BCUT2D eigenvalue weighted by Crippen LogP contribution is -2.04. The number of hydrogen-bond donors (Lipinski definition) is 1. The zero-order valence-electron chi connectivity index (χ0n) is 8.36. The largest absolute Gasteiger partial charge is 0.465 e. The van der Waals surface area contributed by atoms with Gasteiger partial charge >= 0.3 is 5.97 Å². The van der Waals surface area contributed by atoms with Gasteiger partial charge in [0.2, 0.25) is 0 Å².